The molecular weight excluding hydrogens is 414 g/mol. The van der Waals surface area contributed by atoms with Crippen LogP contribution in [0.4, 0.5) is 8.78 Å². The molecule has 1 aliphatic carbocycles. The summed E-state index contributed by atoms with van der Waals surface area (Å²) in [5.74, 6) is -0.647. The first-order valence-electron chi connectivity index (χ1n) is 9.81. The van der Waals surface area contributed by atoms with Crippen LogP contribution in [0.25, 0.3) is 0 Å². The normalized spacial score (nSPS) is 17.2. The number of aryl methyl sites for hydroxylation is 2. The van der Waals surface area contributed by atoms with E-state index in [2.05, 4.69) is 4.74 Å². The summed E-state index contributed by atoms with van der Waals surface area (Å²) in [6.45, 7) is -2.40. The summed E-state index contributed by atoms with van der Waals surface area (Å²) in [5.41, 5.74) is 2.32. The van der Waals surface area contributed by atoms with Gasteiger partial charge in [0, 0.05) is 26.2 Å². The number of carbonyl (C=O) groups excluding carboxylic acids is 1. The summed E-state index contributed by atoms with van der Waals surface area (Å²) in [7, 11) is -3.65. The predicted molar refractivity (Wildman–Crippen MR) is 106 cm³/mol. The molecule has 1 saturated heterocycles. The highest BCUT2D eigenvalue weighted by Crippen LogP contribution is 2.27. The number of alkyl halides is 2. The van der Waals surface area contributed by atoms with Crippen LogP contribution in [0, 0.1) is 0 Å². The van der Waals surface area contributed by atoms with Crippen LogP contribution in [0.3, 0.4) is 0 Å². The molecule has 0 unspecified atom stereocenters. The highest BCUT2D eigenvalue weighted by atomic mass is 32.2. The maximum absolute atomic E-state index is 13.0. The van der Waals surface area contributed by atoms with E-state index < -0.39 is 22.5 Å². The van der Waals surface area contributed by atoms with Crippen LogP contribution in [0.5, 0.6) is 5.75 Å². The Morgan fingerprint density at radius 2 is 1.67 bits per heavy atom. The van der Waals surface area contributed by atoms with Crippen molar-refractivity contribution >= 4 is 15.9 Å². The average molecular weight is 436 g/mol. The molecule has 2 aliphatic rings. The number of halogens is 2. The van der Waals surface area contributed by atoms with Gasteiger partial charge in [-0.1, -0.05) is 18.2 Å². The van der Waals surface area contributed by atoms with Crippen LogP contribution in [-0.2, 0) is 22.9 Å². The van der Waals surface area contributed by atoms with Crippen molar-refractivity contribution in [2.24, 2.45) is 0 Å². The standard InChI is InChI=1S/C21H22F2N2O4S/c22-21(23)29-19-7-2-1-6-18(19)20(26)24-10-12-25(13-11-24)30(27,28)17-9-8-15-4-3-5-16(15)14-17/h1-2,6-9,14,21H,3-5,10-13H2. The number of sulfonamides is 1. The molecule has 2 aromatic rings. The summed E-state index contributed by atoms with van der Waals surface area (Å²) in [6, 6.07) is 11.1. The number of hydrogen-bond donors (Lipinski definition) is 0. The van der Waals surface area contributed by atoms with Gasteiger partial charge in [0.15, 0.2) is 0 Å². The molecule has 0 saturated carbocycles. The highest BCUT2D eigenvalue weighted by Gasteiger charge is 2.32. The van der Waals surface area contributed by atoms with Gasteiger partial charge in [0.1, 0.15) is 5.75 Å². The van der Waals surface area contributed by atoms with Crippen molar-refractivity contribution in [3.63, 3.8) is 0 Å². The smallest absolute Gasteiger partial charge is 0.387 e. The maximum Gasteiger partial charge on any atom is 0.387 e. The number of rotatable bonds is 5. The molecule has 6 nitrogen and oxygen atoms in total. The van der Waals surface area contributed by atoms with Crippen LogP contribution < -0.4 is 4.74 Å². The molecule has 0 aromatic heterocycles. The molecule has 160 valence electrons. The van der Waals surface area contributed by atoms with E-state index in [1.54, 1.807) is 18.2 Å². The second kappa shape index (κ2) is 8.31. The average Bonchev–Trinajstić information content (AvgIpc) is 3.21. The van der Waals surface area contributed by atoms with Crippen LogP contribution in [0.15, 0.2) is 47.4 Å². The molecule has 0 spiro atoms. The lowest BCUT2D eigenvalue weighted by molar-refractivity contribution is -0.0503. The first-order valence-corrected chi connectivity index (χ1v) is 11.3. The van der Waals surface area contributed by atoms with E-state index >= 15 is 0 Å². The van der Waals surface area contributed by atoms with E-state index in [1.807, 2.05) is 6.07 Å². The molecule has 0 bridgehead atoms. The largest absolute Gasteiger partial charge is 0.434 e. The van der Waals surface area contributed by atoms with Crippen LogP contribution >= 0.6 is 0 Å². The number of benzene rings is 2. The minimum absolute atomic E-state index is 0.0349. The molecular formula is C21H22F2N2O4S. The lowest BCUT2D eigenvalue weighted by atomic mass is 10.1. The number of para-hydroxylation sites is 1. The predicted octanol–water partition coefficient (Wildman–Crippen LogP) is 2.92. The zero-order chi connectivity index (χ0) is 21.3. The van der Waals surface area contributed by atoms with Crippen molar-refractivity contribution in [1.82, 2.24) is 9.21 Å². The number of nitrogens with zero attached hydrogens (tertiary/aromatic N) is 2. The third-order valence-corrected chi connectivity index (χ3v) is 7.46. The van der Waals surface area contributed by atoms with Gasteiger partial charge >= 0.3 is 6.61 Å². The van der Waals surface area contributed by atoms with Gasteiger partial charge in [0.25, 0.3) is 5.91 Å². The number of piperazine rings is 1. The first kappa shape index (κ1) is 20.7. The second-order valence-corrected chi connectivity index (χ2v) is 9.29. The second-order valence-electron chi connectivity index (χ2n) is 7.36. The van der Waals surface area contributed by atoms with Crippen LogP contribution in [0.2, 0.25) is 0 Å². The van der Waals surface area contributed by atoms with E-state index in [0.29, 0.717) is 0 Å². The van der Waals surface area contributed by atoms with Crippen molar-refractivity contribution in [3.05, 3.63) is 59.2 Å². The highest BCUT2D eigenvalue weighted by molar-refractivity contribution is 7.89. The van der Waals surface area contributed by atoms with Gasteiger partial charge in [0.2, 0.25) is 10.0 Å². The quantitative estimate of drug-likeness (QED) is 0.723. The van der Waals surface area contributed by atoms with Gasteiger partial charge in [-0.3, -0.25) is 4.79 Å². The van der Waals surface area contributed by atoms with Crippen molar-refractivity contribution in [1.29, 1.82) is 0 Å². The zero-order valence-electron chi connectivity index (χ0n) is 16.3. The van der Waals surface area contributed by atoms with Crippen molar-refractivity contribution in [3.8, 4) is 5.75 Å². The molecule has 1 amide bonds. The summed E-state index contributed by atoms with van der Waals surface area (Å²) in [4.78, 5) is 14.5. The molecule has 30 heavy (non-hydrogen) atoms. The van der Waals surface area contributed by atoms with Crippen molar-refractivity contribution < 1.29 is 26.7 Å². The minimum Gasteiger partial charge on any atom is -0.434 e. The van der Waals surface area contributed by atoms with Crippen LogP contribution in [-0.4, -0.2) is 56.3 Å². The summed E-state index contributed by atoms with van der Waals surface area (Å²) < 4.78 is 57.1. The topological polar surface area (TPSA) is 66.9 Å². The van der Waals surface area contributed by atoms with Crippen LogP contribution in [0.1, 0.15) is 27.9 Å². The van der Waals surface area contributed by atoms with E-state index in [4.69, 9.17) is 0 Å². The van der Waals surface area contributed by atoms with E-state index in [1.165, 1.54) is 33.0 Å². The Labute approximate surface area is 174 Å². The Hall–Kier alpha value is -2.52. The van der Waals surface area contributed by atoms with Gasteiger partial charge in [-0.2, -0.15) is 13.1 Å². The molecule has 0 atom stereocenters. The maximum atomic E-state index is 13.0. The fourth-order valence-corrected chi connectivity index (χ4v) is 5.48. The lowest BCUT2D eigenvalue weighted by Gasteiger charge is -2.34. The third kappa shape index (κ3) is 4.04. The van der Waals surface area contributed by atoms with Gasteiger partial charge in [-0.15, -0.1) is 0 Å². The van der Waals surface area contributed by atoms with Gasteiger partial charge in [0.05, 0.1) is 10.5 Å². The Balaban J connectivity index is 1.46. The molecule has 0 N–H and O–H groups in total. The van der Waals surface area contributed by atoms with Crippen molar-refractivity contribution in [2.45, 2.75) is 30.8 Å². The van der Waals surface area contributed by atoms with Crippen molar-refractivity contribution in [2.75, 3.05) is 26.2 Å². The summed E-state index contributed by atoms with van der Waals surface area (Å²) >= 11 is 0. The van der Waals surface area contributed by atoms with Gasteiger partial charge in [-0.25, -0.2) is 8.42 Å². The molecule has 1 fully saturated rings. The van der Waals surface area contributed by atoms with E-state index in [0.717, 1.165) is 24.8 Å². The van der Waals surface area contributed by atoms with Gasteiger partial charge < -0.3 is 9.64 Å². The Morgan fingerprint density at radius 3 is 2.40 bits per heavy atom. The zero-order valence-corrected chi connectivity index (χ0v) is 17.1. The van der Waals surface area contributed by atoms with Gasteiger partial charge in [-0.05, 0) is 54.7 Å². The molecule has 1 aliphatic heterocycles. The summed E-state index contributed by atoms with van der Waals surface area (Å²) in [6.07, 6.45) is 2.91. The molecule has 0 radical (unpaired) electrons. The summed E-state index contributed by atoms with van der Waals surface area (Å²) in [5, 5.41) is 0. The molecule has 4 rings (SSSR count). The SMILES string of the molecule is O=C(c1ccccc1OC(F)F)N1CCN(S(=O)(=O)c2ccc3c(c2)CCC3)CC1. The molecule has 2 aromatic carbocycles. The number of fused-ring (bicyclic) bond motifs is 1. The lowest BCUT2D eigenvalue weighted by Crippen LogP contribution is -2.50. The number of amides is 1. The number of hydrogen-bond acceptors (Lipinski definition) is 4. The number of carbonyl (C=O) groups is 1. The fraction of sp³-hybridized carbons (Fsp3) is 0.381. The Kier molecular flexibility index (Phi) is 5.75. The Morgan fingerprint density at radius 1 is 0.967 bits per heavy atom. The third-order valence-electron chi connectivity index (χ3n) is 5.57. The number of ether oxygens (including phenoxy) is 1. The monoisotopic (exact) mass is 436 g/mol. The van der Waals surface area contributed by atoms with E-state index in [-0.39, 0.29) is 42.4 Å². The Bertz CT molecular complexity index is 1050. The fourth-order valence-electron chi connectivity index (χ4n) is 4.00. The minimum atomic E-state index is -3.65. The first-order chi connectivity index (χ1) is 14.4. The molecule has 1 heterocycles. The van der Waals surface area contributed by atoms with E-state index in [9.17, 15) is 22.0 Å². The molecule has 9 heteroatoms.